The number of nitrogens with zero attached hydrogens (tertiary/aromatic N) is 4. The van der Waals surface area contributed by atoms with E-state index in [-0.39, 0.29) is 10.7 Å². The largest absolute Gasteiger partial charge is 0.381 e. The zero-order chi connectivity index (χ0) is 21.1. The van der Waals surface area contributed by atoms with E-state index in [4.69, 9.17) is 10.5 Å². The average Bonchev–Trinajstić information content (AvgIpc) is 2.77. The number of nitrogen functional groups attached to an aromatic ring is 1. The molecule has 9 nitrogen and oxygen atoms in total. The van der Waals surface area contributed by atoms with E-state index < -0.39 is 10.0 Å². The maximum absolute atomic E-state index is 13.0. The van der Waals surface area contributed by atoms with E-state index >= 15 is 0 Å². The zero-order valence-electron chi connectivity index (χ0n) is 16.4. The van der Waals surface area contributed by atoms with Crippen molar-refractivity contribution in [3.63, 3.8) is 0 Å². The molecule has 1 fully saturated rings. The fourth-order valence-electron chi connectivity index (χ4n) is 3.17. The van der Waals surface area contributed by atoms with Gasteiger partial charge in [0.1, 0.15) is 0 Å². The molecular weight excluding hydrogens is 404 g/mol. The number of anilines is 3. The summed E-state index contributed by atoms with van der Waals surface area (Å²) in [6, 6.07) is 8.65. The molecule has 4 rings (SSSR count). The smallest absolute Gasteiger partial charge is 0.243 e. The lowest BCUT2D eigenvalue weighted by molar-refractivity contribution is 0.0730. The second-order valence-corrected chi connectivity index (χ2v) is 8.79. The van der Waals surface area contributed by atoms with Crippen LogP contribution in [-0.2, 0) is 14.8 Å². The van der Waals surface area contributed by atoms with Gasteiger partial charge in [-0.1, -0.05) is 6.07 Å². The summed E-state index contributed by atoms with van der Waals surface area (Å²) in [5, 5.41) is 3.10. The van der Waals surface area contributed by atoms with Gasteiger partial charge in [0.15, 0.2) is 11.6 Å². The molecular formula is C20H22N6O3S. The highest BCUT2D eigenvalue weighted by Crippen LogP contribution is 2.29. The van der Waals surface area contributed by atoms with Gasteiger partial charge in [-0.15, -0.1) is 0 Å². The molecule has 3 heterocycles. The quantitative estimate of drug-likeness (QED) is 0.636. The molecule has 30 heavy (non-hydrogen) atoms. The van der Waals surface area contributed by atoms with Crippen LogP contribution in [0, 0.1) is 6.92 Å². The number of hydrogen-bond acceptors (Lipinski definition) is 8. The highest BCUT2D eigenvalue weighted by molar-refractivity contribution is 7.89. The molecule has 1 aliphatic rings. The molecule has 0 spiro atoms. The highest BCUT2D eigenvalue weighted by atomic mass is 32.2. The third-order valence-corrected chi connectivity index (χ3v) is 6.71. The number of rotatable bonds is 5. The van der Waals surface area contributed by atoms with E-state index in [0.29, 0.717) is 43.4 Å². The predicted molar refractivity (Wildman–Crippen MR) is 114 cm³/mol. The number of nitrogens with two attached hydrogens (primary N) is 1. The van der Waals surface area contributed by atoms with Gasteiger partial charge < -0.3 is 15.8 Å². The van der Waals surface area contributed by atoms with Crippen LogP contribution < -0.4 is 11.1 Å². The van der Waals surface area contributed by atoms with E-state index in [1.807, 2.05) is 13.0 Å². The first kappa shape index (κ1) is 20.2. The standard InChI is InChI=1S/C20H22N6O3S/c1-14-4-5-16(30(27,28)26-7-9-29-10-8-26)11-17(14)18-13-23-19(21)20(25-18)24-15-3-2-6-22-12-15/h2-6,11-13H,7-10H2,1H3,(H2,21,23)(H,24,25). The maximum atomic E-state index is 13.0. The Bertz CT molecular complexity index is 1150. The van der Waals surface area contributed by atoms with Crippen molar-refractivity contribution in [3.8, 4) is 11.3 Å². The minimum atomic E-state index is -3.62. The molecule has 2 aromatic heterocycles. The van der Waals surface area contributed by atoms with E-state index in [9.17, 15) is 8.42 Å². The number of benzene rings is 1. The van der Waals surface area contributed by atoms with E-state index in [1.54, 1.807) is 36.7 Å². The fourth-order valence-corrected chi connectivity index (χ4v) is 4.60. The number of aromatic nitrogens is 3. The molecule has 0 radical (unpaired) electrons. The fraction of sp³-hybridized carbons (Fsp3) is 0.250. The van der Waals surface area contributed by atoms with Gasteiger partial charge in [0.2, 0.25) is 10.0 Å². The van der Waals surface area contributed by atoms with Gasteiger partial charge in [-0.3, -0.25) is 4.98 Å². The summed E-state index contributed by atoms with van der Waals surface area (Å²) in [6.07, 6.45) is 4.85. The van der Waals surface area contributed by atoms with Gasteiger partial charge in [-0.25, -0.2) is 18.4 Å². The van der Waals surface area contributed by atoms with Crippen LogP contribution in [0.25, 0.3) is 11.3 Å². The first-order chi connectivity index (χ1) is 14.4. The molecule has 10 heteroatoms. The Morgan fingerprint density at radius 1 is 1.17 bits per heavy atom. The Morgan fingerprint density at radius 2 is 1.97 bits per heavy atom. The summed E-state index contributed by atoms with van der Waals surface area (Å²) >= 11 is 0. The molecule has 0 bridgehead atoms. The third kappa shape index (κ3) is 4.11. The third-order valence-electron chi connectivity index (χ3n) is 4.82. The molecule has 3 N–H and O–H groups in total. The lowest BCUT2D eigenvalue weighted by Gasteiger charge is -2.26. The number of ether oxygens (including phenoxy) is 1. The number of hydrogen-bond donors (Lipinski definition) is 2. The number of aryl methyl sites for hydroxylation is 1. The molecule has 0 unspecified atom stereocenters. The van der Waals surface area contributed by atoms with Crippen LogP contribution in [0.3, 0.4) is 0 Å². The number of nitrogens with one attached hydrogen (secondary N) is 1. The Balaban J connectivity index is 1.70. The zero-order valence-corrected chi connectivity index (χ0v) is 17.3. The van der Waals surface area contributed by atoms with Crippen LogP contribution in [0.15, 0.2) is 53.8 Å². The minimum absolute atomic E-state index is 0.213. The van der Waals surface area contributed by atoms with Crippen LogP contribution in [0.1, 0.15) is 5.56 Å². The molecule has 3 aromatic rings. The van der Waals surface area contributed by atoms with Crippen molar-refractivity contribution < 1.29 is 13.2 Å². The number of sulfonamides is 1. The summed E-state index contributed by atoms with van der Waals surface area (Å²) in [5.41, 5.74) is 8.77. The lowest BCUT2D eigenvalue weighted by atomic mass is 10.1. The van der Waals surface area contributed by atoms with E-state index in [0.717, 1.165) is 11.3 Å². The normalized spacial score (nSPS) is 15.1. The number of pyridine rings is 1. The van der Waals surface area contributed by atoms with Crippen LogP contribution in [0.4, 0.5) is 17.3 Å². The SMILES string of the molecule is Cc1ccc(S(=O)(=O)N2CCOCC2)cc1-c1cnc(N)c(Nc2cccnc2)n1. The molecule has 156 valence electrons. The first-order valence-corrected chi connectivity index (χ1v) is 10.9. The molecule has 0 amide bonds. The van der Waals surface area contributed by atoms with Crippen molar-refractivity contribution in [1.29, 1.82) is 0 Å². The molecule has 0 atom stereocenters. The van der Waals surface area contributed by atoms with Crippen molar-refractivity contribution in [3.05, 3.63) is 54.5 Å². The highest BCUT2D eigenvalue weighted by Gasteiger charge is 2.27. The molecule has 1 aliphatic heterocycles. The molecule has 1 saturated heterocycles. The molecule has 1 aromatic carbocycles. The second-order valence-electron chi connectivity index (χ2n) is 6.85. The summed E-state index contributed by atoms with van der Waals surface area (Å²) in [5.74, 6) is 0.610. The first-order valence-electron chi connectivity index (χ1n) is 9.43. The summed E-state index contributed by atoms with van der Waals surface area (Å²) in [6.45, 7) is 3.36. The summed E-state index contributed by atoms with van der Waals surface area (Å²) < 4.78 is 32.8. The Labute approximate surface area is 175 Å². The van der Waals surface area contributed by atoms with Crippen molar-refractivity contribution in [2.45, 2.75) is 11.8 Å². The van der Waals surface area contributed by atoms with Gasteiger partial charge in [0.05, 0.1) is 41.9 Å². The molecule has 0 aliphatic carbocycles. The van der Waals surface area contributed by atoms with E-state index in [2.05, 4.69) is 20.3 Å². The monoisotopic (exact) mass is 426 g/mol. The topological polar surface area (TPSA) is 123 Å². The van der Waals surface area contributed by atoms with Crippen molar-refractivity contribution in [1.82, 2.24) is 19.3 Å². The van der Waals surface area contributed by atoms with Gasteiger partial charge in [-0.05, 0) is 36.8 Å². The van der Waals surface area contributed by atoms with Gasteiger partial charge in [0, 0.05) is 24.8 Å². The van der Waals surface area contributed by atoms with Gasteiger partial charge >= 0.3 is 0 Å². The second kappa shape index (κ2) is 8.34. The average molecular weight is 427 g/mol. The minimum Gasteiger partial charge on any atom is -0.381 e. The van der Waals surface area contributed by atoms with Crippen LogP contribution in [0.2, 0.25) is 0 Å². The van der Waals surface area contributed by atoms with Crippen molar-refractivity contribution in [2.24, 2.45) is 0 Å². The van der Waals surface area contributed by atoms with Crippen molar-refractivity contribution in [2.75, 3.05) is 37.4 Å². The summed E-state index contributed by atoms with van der Waals surface area (Å²) in [7, 11) is -3.62. The molecule has 0 saturated carbocycles. The van der Waals surface area contributed by atoms with Crippen LogP contribution in [-0.4, -0.2) is 54.0 Å². The van der Waals surface area contributed by atoms with Gasteiger partial charge in [0.25, 0.3) is 0 Å². The van der Waals surface area contributed by atoms with Gasteiger partial charge in [-0.2, -0.15) is 4.31 Å². The number of morpholine rings is 1. The Morgan fingerprint density at radius 3 is 2.70 bits per heavy atom. The summed E-state index contributed by atoms with van der Waals surface area (Å²) in [4.78, 5) is 13.1. The van der Waals surface area contributed by atoms with E-state index in [1.165, 1.54) is 10.5 Å². The van der Waals surface area contributed by atoms with Crippen LogP contribution >= 0.6 is 0 Å². The van der Waals surface area contributed by atoms with Crippen LogP contribution in [0.5, 0.6) is 0 Å². The maximum Gasteiger partial charge on any atom is 0.243 e. The predicted octanol–water partition coefficient (Wildman–Crippen LogP) is 2.19. The van der Waals surface area contributed by atoms with Crippen molar-refractivity contribution >= 4 is 27.3 Å². The Kier molecular flexibility index (Phi) is 5.62. The lowest BCUT2D eigenvalue weighted by Crippen LogP contribution is -2.40. The Hall–Kier alpha value is -3.08.